The van der Waals surface area contributed by atoms with Crippen molar-refractivity contribution in [2.45, 2.75) is 104 Å². The van der Waals surface area contributed by atoms with E-state index in [0.29, 0.717) is 126 Å². The average Bonchev–Trinajstić information content (AvgIpc) is 1.67. The number of aromatic carboxylic acids is 3. The van der Waals surface area contributed by atoms with Crippen molar-refractivity contribution in [1.82, 2.24) is 39.9 Å². The van der Waals surface area contributed by atoms with Gasteiger partial charge < -0.3 is 64.0 Å². The molecular formula is C109H91ClF6N8O17. The Kier molecular flexibility index (Phi) is 34.0. The summed E-state index contributed by atoms with van der Waals surface area (Å²) in [6.07, 6.45) is 12.2. The second kappa shape index (κ2) is 47.2. The molecule has 0 aliphatic carbocycles. The van der Waals surface area contributed by atoms with Crippen LogP contribution in [0.3, 0.4) is 0 Å². The van der Waals surface area contributed by atoms with Gasteiger partial charge in [0.25, 0.3) is 5.92 Å². The number of benzene rings is 8. The first kappa shape index (κ1) is 101. The Morgan fingerprint density at radius 3 is 0.986 bits per heavy atom. The van der Waals surface area contributed by atoms with Gasteiger partial charge >= 0.3 is 23.9 Å². The molecule has 32 heteroatoms. The van der Waals surface area contributed by atoms with Gasteiger partial charge in [-0.3, -0.25) is 39.1 Å². The lowest BCUT2D eigenvalue weighted by molar-refractivity contribution is -0.118. The van der Waals surface area contributed by atoms with Gasteiger partial charge in [0, 0.05) is 143 Å². The molecular weight excluding hydrogens is 1840 g/mol. The van der Waals surface area contributed by atoms with E-state index in [1.165, 1.54) is 97.7 Å². The van der Waals surface area contributed by atoms with Gasteiger partial charge in [-0.2, -0.15) is 0 Å². The zero-order valence-corrected chi connectivity index (χ0v) is 77.1. The highest BCUT2D eigenvalue weighted by atomic mass is 35.5. The molecule has 8 aromatic carbocycles. The number of hydrogen-bond acceptors (Lipinski definition) is 18. The molecule has 0 radical (unpaired) electrons. The van der Waals surface area contributed by atoms with Gasteiger partial charge in [0.15, 0.2) is 11.6 Å². The fourth-order valence-corrected chi connectivity index (χ4v) is 14.7. The summed E-state index contributed by atoms with van der Waals surface area (Å²) in [5.41, 5.74) is 11.8. The number of aliphatic hydroxyl groups is 1. The highest BCUT2D eigenvalue weighted by Gasteiger charge is 2.29. The molecule has 0 saturated heterocycles. The number of aromatic amines is 4. The number of ether oxygens (including phenoxy) is 5. The van der Waals surface area contributed by atoms with Crippen LogP contribution in [0.2, 0.25) is 5.02 Å². The lowest BCUT2D eigenvalue weighted by atomic mass is 9.99. The van der Waals surface area contributed by atoms with Crippen LogP contribution in [0.5, 0.6) is 46.0 Å². The van der Waals surface area contributed by atoms with Gasteiger partial charge in [0.05, 0.1) is 73.9 Å². The third-order valence-corrected chi connectivity index (χ3v) is 21.9. The maximum Gasteiger partial charge on any atom is 0.339 e. The van der Waals surface area contributed by atoms with E-state index in [4.69, 9.17) is 50.6 Å². The van der Waals surface area contributed by atoms with Crippen molar-refractivity contribution in [3.05, 3.63) is 403 Å². The lowest BCUT2D eigenvalue weighted by Gasteiger charge is -2.14. The summed E-state index contributed by atoms with van der Waals surface area (Å²) in [6, 6.07) is 63.1. The largest absolute Gasteiger partial charge is 0.478 e. The molecule has 0 aliphatic heterocycles. The number of aromatic nitrogens is 8. The zero-order chi connectivity index (χ0) is 101. The molecule has 1 unspecified atom stereocenters. The van der Waals surface area contributed by atoms with Crippen molar-refractivity contribution in [3.8, 4) is 91.5 Å². The number of esters is 1. The first-order valence-corrected chi connectivity index (χ1v) is 44.3. The van der Waals surface area contributed by atoms with Crippen molar-refractivity contribution in [2.24, 2.45) is 0 Å². The molecule has 16 rings (SSSR count). The van der Waals surface area contributed by atoms with Gasteiger partial charge in [0.1, 0.15) is 87.4 Å². The fraction of sp³-hybridized carbons (Fsp3) is 0.156. The third-order valence-electron chi connectivity index (χ3n) is 21.6. The van der Waals surface area contributed by atoms with Crippen LogP contribution in [0.15, 0.2) is 286 Å². The van der Waals surface area contributed by atoms with Crippen molar-refractivity contribution >= 4 is 58.6 Å². The quantitative estimate of drug-likeness (QED) is 0.0134. The molecule has 0 bridgehead atoms. The molecule has 8 aromatic heterocycles. The highest BCUT2D eigenvalue weighted by molar-refractivity contribution is 6.31. The predicted octanol–water partition coefficient (Wildman–Crippen LogP) is 23.2. The minimum atomic E-state index is -3.09. The van der Waals surface area contributed by atoms with Gasteiger partial charge in [-0.15, -0.1) is 0 Å². The predicted molar refractivity (Wildman–Crippen MR) is 514 cm³/mol. The summed E-state index contributed by atoms with van der Waals surface area (Å²) in [5, 5.41) is 36.7. The van der Waals surface area contributed by atoms with Crippen molar-refractivity contribution in [1.29, 1.82) is 0 Å². The number of H-pyrrole nitrogens is 4. The summed E-state index contributed by atoms with van der Waals surface area (Å²) >= 11 is 5.87. The number of Topliss-reactive ketones (excluding diaryl/α,β-unsaturated/α-hetero) is 4. The number of aryl methyl sites for hydroxylation is 3. The van der Waals surface area contributed by atoms with E-state index in [-0.39, 0.29) is 126 Å². The Labute approximate surface area is 808 Å². The number of carbonyl (C=O) groups excluding carboxylic acids is 5. The number of aliphatic hydroxyl groups excluding tert-OH is 1. The molecule has 0 aliphatic rings. The number of hydrogen-bond donors (Lipinski definition) is 8. The molecule has 8 heterocycles. The average molecular weight is 1930 g/mol. The van der Waals surface area contributed by atoms with E-state index in [1.807, 2.05) is 20.8 Å². The first-order chi connectivity index (χ1) is 67.5. The molecule has 1 atom stereocenters. The molecule has 16 aromatic rings. The number of rotatable bonds is 36. The van der Waals surface area contributed by atoms with E-state index in [9.17, 15) is 69.8 Å². The van der Waals surface area contributed by atoms with E-state index in [2.05, 4.69) is 39.9 Å². The second-order valence-electron chi connectivity index (χ2n) is 33.0. The molecule has 8 N–H and O–H groups in total. The van der Waals surface area contributed by atoms with E-state index in [1.54, 1.807) is 195 Å². The minimum Gasteiger partial charge on any atom is -0.478 e. The SMILES string of the molecule is CC(F)(F)c1cc(CC(=O)Cc2ccc(Oc3ccnc(-c4cc(C(=O)O)c[nH]4)c3)cc2)ccc1Cl.CCC(O)COC(=O)c1c[nH]c(-c2cc(Oc3ccc(CC(=O)Cc4cc(C)ccc4F)cc3)ccn2)c1.Cc1ccc(F)c(CC(=O)Cc2ccc(Oc3ccnc(-c4cc(C(=O)O)c[nH]4)c3)c(F)c2)c1.Cc1ccc(F)c(CC(=O)Cc2ccc(Oc3ccnc(-c4cc(C(=O)O)c[nH]4)c3)cc2)c1. The van der Waals surface area contributed by atoms with Crippen LogP contribution >= 0.6 is 11.6 Å². The van der Waals surface area contributed by atoms with E-state index in [0.717, 1.165) is 40.3 Å². The van der Waals surface area contributed by atoms with Crippen molar-refractivity contribution in [2.75, 3.05) is 6.61 Å². The number of pyridine rings is 4. The van der Waals surface area contributed by atoms with E-state index < -0.39 is 47.5 Å². The normalized spacial score (nSPS) is 11.2. The maximum atomic E-state index is 14.7. The van der Waals surface area contributed by atoms with Crippen molar-refractivity contribution < 1.29 is 109 Å². The minimum absolute atomic E-state index is 0.0145. The van der Waals surface area contributed by atoms with Gasteiger partial charge in [-0.05, 0) is 199 Å². The van der Waals surface area contributed by atoms with Crippen LogP contribution in [0.25, 0.3) is 45.6 Å². The van der Waals surface area contributed by atoms with Crippen LogP contribution in [-0.4, -0.2) is 120 Å². The summed E-state index contributed by atoms with van der Waals surface area (Å²) < 4.78 is 112. The Morgan fingerprint density at radius 1 is 0.355 bits per heavy atom. The number of carboxylic acid groups (broad SMARTS) is 3. The highest BCUT2D eigenvalue weighted by Crippen LogP contribution is 2.37. The number of nitrogens with zero attached hydrogens (tertiary/aromatic N) is 4. The number of carbonyl (C=O) groups is 8. The van der Waals surface area contributed by atoms with E-state index >= 15 is 0 Å². The van der Waals surface area contributed by atoms with Gasteiger partial charge in [0.2, 0.25) is 0 Å². The van der Waals surface area contributed by atoms with Gasteiger partial charge in [-0.25, -0.2) is 45.5 Å². The van der Waals surface area contributed by atoms with Crippen LogP contribution in [-0.2, 0) is 81.2 Å². The van der Waals surface area contributed by atoms with Crippen LogP contribution < -0.4 is 18.9 Å². The fourth-order valence-electron chi connectivity index (χ4n) is 14.4. The first-order valence-electron chi connectivity index (χ1n) is 43.9. The molecule has 718 valence electrons. The smallest absolute Gasteiger partial charge is 0.339 e. The monoisotopic (exact) mass is 1930 g/mol. The summed E-state index contributed by atoms with van der Waals surface area (Å²) in [6.45, 7) is 8.06. The van der Waals surface area contributed by atoms with Crippen LogP contribution in [0.1, 0.15) is 128 Å². The maximum absolute atomic E-state index is 14.7. The molecule has 141 heavy (non-hydrogen) atoms. The summed E-state index contributed by atoms with van der Waals surface area (Å²) in [4.78, 5) is 124. The zero-order valence-electron chi connectivity index (χ0n) is 76.3. The molecule has 0 spiro atoms. The standard InChI is InChI=1S/C30H29FN2O5.C27H21ClF2N2O4.C26H20F2N2O4.C26H21FN2O4/c1-3-23(34)18-37-30(36)22-15-28(33-17-22)29-16-26(10-11-32-29)38-25-7-5-20(6-8-25)13-24(35)14-21-12-19(2)4-9-27(21)31;1-27(29,30)22-12-17(4-7-23(22)28)11-19(33)10-16-2-5-20(6-3-16)36-21-8-9-31-25(14-21)24-13-18(15-32-24)26(34)35;1-15-2-4-21(27)17(8-15)11-19(31)9-16-3-5-25(22(28)10-16)34-20-6-7-29-24(13-20)23-12-18(14-30-23)26(32)33;1-16-2-7-23(27)18(10-16)12-20(30)11-17-3-5-21(6-4-17)33-22-8-9-28-25(14-22)24-13-19(15-29-24)26(31)32/h4-12,15-17,23,33-34H,3,13-14,18H2,1-2H3;2-9,12-15,32H,10-11H2,1H3,(H,34,35);2-8,10,12-14,30H,9,11H2,1H3,(H,32,33);2-10,13-15,29H,11-12H2,1H3,(H,31,32). The molecule has 25 nitrogen and oxygen atoms in total. The third kappa shape index (κ3) is 29.6. The Morgan fingerprint density at radius 2 is 0.660 bits per heavy atom. The topological polar surface area (TPSA) is 378 Å². The second-order valence-corrected chi connectivity index (χ2v) is 33.4. The van der Waals surface area contributed by atoms with Crippen LogP contribution in [0.4, 0.5) is 26.3 Å². The van der Waals surface area contributed by atoms with Crippen molar-refractivity contribution in [3.63, 3.8) is 0 Å². The number of carboxylic acids is 3. The molecule has 0 amide bonds. The number of nitrogens with one attached hydrogen (secondary N) is 4. The van der Waals surface area contributed by atoms with Gasteiger partial charge in [-0.1, -0.05) is 120 Å². The Bertz CT molecular complexity index is 7220. The number of halogens is 7. The summed E-state index contributed by atoms with van der Waals surface area (Å²) in [5.74, 6) is -5.57. The Balaban J connectivity index is 0.000000158. The summed E-state index contributed by atoms with van der Waals surface area (Å²) in [7, 11) is 0. The van der Waals surface area contributed by atoms with Crippen LogP contribution in [0, 0.1) is 44.0 Å². The number of alkyl halides is 2. The lowest BCUT2D eigenvalue weighted by Crippen LogP contribution is -2.17. The number of ketones is 4. The Hall–Kier alpha value is -16.9. The molecule has 0 saturated carbocycles. The molecule has 0 fully saturated rings.